The molecule has 3 aromatic rings. The molecule has 0 aliphatic carbocycles. The molecule has 0 spiro atoms. The van der Waals surface area contributed by atoms with Gasteiger partial charge in [0.25, 0.3) is 0 Å². The smallest absolute Gasteiger partial charge is 0.194 e. The third-order valence-electron chi connectivity index (χ3n) is 4.92. The van der Waals surface area contributed by atoms with Crippen molar-refractivity contribution in [1.82, 2.24) is 9.38 Å². The van der Waals surface area contributed by atoms with Crippen molar-refractivity contribution in [3.8, 4) is 11.3 Å². The first-order valence-electron chi connectivity index (χ1n) is 8.36. The molecule has 0 bridgehead atoms. The fraction of sp³-hybridized carbons (Fsp3) is 0.333. The maximum absolute atomic E-state index is 11.0. The molecule has 1 saturated heterocycles. The summed E-state index contributed by atoms with van der Waals surface area (Å²) in [6.45, 7) is 2.52. The van der Waals surface area contributed by atoms with Gasteiger partial charge in [0.15, 0.2) is 4.96 Å². The molecule has 1 fully saturated rings. The maximum atomic E-state index is 11.0. The number of nitrogens with zero attached hydrogens (tertiary/aromatic N) is 2. The van der Waals surface area contributed by atoms with E-state index in [9.17, 15) is 9.90 Å². The highest BCUT2D eigenvalue weighted by atomic mass is 35.5. The zero-order chi connectivity index (χ0) is 17.4. The van der Waals surface area contributed by atoms with Crippen molar-refractivity contribution >= 4 is 33.9 Å². The predicted octanol–water partition coefficient (Wildman–Crippen LogP) is 1.26. The third kappa shape index (κ3) is 3.29. The van der Waals surface area contributed by atoms with Gasteiger partial charge in [0, 0.05) is 46.9 Å². The van der Waals surface area contributed by atoms with E-state index in [0.29, 0.717) is 17.9 Å². The van der Waals surface area contributed by atoms with Crippen LogP contribution in [-0.2, 0) is 11.3 Å². The van der Waals surface area contributed by atoms with Crippen LogP contribution < -0.4 is 10.0 Å². The third-order valence-corrected chi connectivity index (χ3v) is 5.93. The van der Waals surface area contributed by atoms with E-state index in [-0.39, 0.29) is 5.92 Å². The Morgan fingerprint density at radius 3 is 2.72 bits per heavy atom. The van der Waals surface area contributed by atoms with Crippen molar-refractivity contribution in [2.24, 2.45) is 5.92 Å². The van der Waals surface area contributed by atoms with Crippen LogP contribution in [0.4, 0.5) is 0 Å². The van der Waals surface area contributed by atoms with Crippen molar-refractivity contribution in [2.75, 3.05) is 13.1 Å². The zero-order valence-corrected chi connectivity index (χ0v) is 15.1. The number of thiazole rings is 1. The number of hydrogen-bond donors (Lipinski definition) is 1. The van der Waals surface area contributed by atoms with Crippen molar-refractivity contribution in [1.29, 1.82) is 0 Å². The fourth-order valence-electron chi connectivity index (χ4n) is 3.52. The number of aliphatic carboxylic acids is 1. The van der Waals surface area contributed by atoms with Crippen molar-refractivity contribution in [2.45, 2.75) is 19.4 Å². The Morgan fingerprint density at radius 1 is 1.32 bits per heavy atom. The molecule has 1 aliphatic rings. The first kappa shape index (κ1) is 16.6. The maximum Gasteiger partial charge on any atom is 0.194 e. The summed E-state index contributed by atoms with van der Waals surface area (Å²) >= 11 is 7.63. The van der Waals surface area contributed by atoms with Crippen molar-refractivity contribution < 1.29 is 14.8 Å². The van der Waals surface area contributed by atoms with Gasteiger partial charge < -0.3 is 14.8 Å². The number of carboxylic acid groups (broad SMARTS) is 1. The first-order valence-corrected chi connectivity index (χ1v) is 9.62. The molecule has 1 aliphatic heterocycles. The van der Waals surface area contributed by atoms with Crippen LogP contribution in [0.1, 0.15) is 18.5 Å². The van der Waals surface area contributed by atoms with Crippen molar-refractivity contribution in [3.63, 3.8) is 0 Å². The lowest BCUT2D eigenvalue weighted by molar-refractivity contribution is -0.919. The number of carbonyl (C=O) groups is 1. The monoisotopic (exact) mass is 375 g/mol. The second-order valence-electron chi connectivity index (χ2n) is 6.49. The molecule has 2 aromatic heterocycles. The van der Waals surface area contributed by atoms with E-state index in [1.807, 2.05) is 29.6 Å². The predicted molar refractivity (Wildman–Crippen MR) is 95.6 cm³/mol. The molecule has 1 aromatic carbocycles. The minimum Gasteiger partial charge on any atom is -0.550 e. The number of piperidine rings is 1. The van der Waals surface area contributed by atoms with E-state index in [4.69, 9.17) is 16.6 Å². The topological polar surface area (TPSA) is 61.9 Å². The average Bonchev–Trinajstić information content (AvgIpc) is 3.19. The molecule has 5 nitrogen and oxygen atoms in total. The highest BCUT2D eigenvalue weighted by Gasteiger charge is 2.26. The number of nitrogens with one attached hydrogen (secondary N) is 1. The number of fused-ring (bicyclic) bond motifs is 1. The largest absolute Gasteiger partial charge is 0.550 e. The van der Waals surface area contributed by atoms with Gasteiger partial charge in [0.1, 0.15) is 12.2 Å². The van der Waals surface area contributed by atoms with Crippen LogP contribution in [0.2, 0.25) is 5.02 Å². The Bertz CT molecular complexity index is 895. The molecule has 0 amide bonds. The number of benzene rings is 1. The van der Waals surface area contributed by atoms with Crippen LogP contribution in [0, 0.1) is 5.92 Å². The van der Waals surface area contributed by atoms with Crippen LogP contribution in [0.25, 0.3) is 16.2 Å². The summed E-state index contributed by atoms with van der Waals surface area (Å²) in [6.07, 6.45) is 3.41. The number of carboxylic acids is 1. The van der Waals surface area contributed by atoms with Crippen LogP contribution in [0.3, 0.4) is 0 Å². The van der Waals surface area contributed by atoms with Crippen molar-refractivity contribution in [3.05, 3.63) is 46.6 Å². The first-order chi connectivity index (χ1) is 12.1. The number of aromatic nitrogens is 2. The summed E-state index contributed by atoms with van der Waals surface area (Å²) in [5, 5.41) is 13.8. The van der Waals surface area contributed by atoms with E-state index < -0.39 is 5.97 Å². The molecule has 0 saturated carbocycles. The molecule has 25 heavy (non-hydrogen) atoms. The van der Waals surface area contributed by atoms with E-state index >= 15 is 0 Å². The van der Waals surface area contributed by atoms with Gasteiger partial charge in [-0.3, -0.25) is 4.40 Å². The second-order valence-corrected chi connectivity index (χ2v) is 7.80. The Labute approximate surface area is 154 Å². The number of quaternary nitrogens is 1. The summed E-state index contributed by atoms with van der Waals surface area (Å²) in [4.78, 5) is 18.2. The fourth-order valence-corrected chi connectivity index (χ4v) is 4.37. The van der Waals surface area contributed by atoms with Gasteiger partial charge in [0.05, 0.1) is 18.8 Å². The van der Waals surface area contributed by atoms with Gasteiger partial charge in [-0.1, -0.05) is 23.7 Å². The summed E-state index contributed by atoms with van der Waals surface area (Å²) in [5.41, 5.74) is 3.21. The number of halogens is 1. The second kappa shape index (κ2) is 6.78. The Morgan fingerprint density at radius 2 is 2.04 bits per heavy atom. The lowest BCUT2D eigenvalue weighted by Crippen LogP contribution is -3.12. The highest BCUT2D eigenvalue weighted by Crippen LogP contribution is 2.27. The molecule has 1 N–H and O–H groups in total. The minimum absolute atomic E-state index is 0.300. The number of rotatable bonds is 4. The Hall–Kier alpha value is -1.89. The molecule has 130 valence electrons. The molecular formula is C18H18ClN3O2S. The molecule has 4 rings (SSSR count). The molecule has 7 heteroatoms. The van der Waals surface area contributed by atoms with Crippen LogP contribution in [0.5, 0.6) is 0 Å². The lowest BCUT2D eigenvalue weighted by Gasteiger charge is -2.29. The van der Waals surface area contributed by atoms with Crippen LogP contribution >= 0.6 is 22.9 Å². The summed E-state index contributed by atoms with van der Waals surface area (Å²) in [7, 11) is 0. The quantitative estimate of drug-likeness (QED) is 0.746. The molecule has 3 heterocycles. The zero-order valence-electron chi connectivity index (χ0n) is 13.6. The number of imidazole rings is 1. The van der Waals surface area contributed by atoms with Gasteiger partial charge in [0.2, 0.25) is 0 Å². The molecular weight excluding hydrogens is 358 g/mol. The summed E-state index contributed by atoms with van der Waals surface area (Å²) in [6, 6.07) is 7.75. The summed E-state index contributed by atoms with van der Waals surface area (Å²) < 4.78 is 2.15. The SMILES string of the molecule is O=C([O-])C1CC[NH+](Cc2c(-c3ccc(Cl)cc3)nc3sccn23)CC1. The van der Waals surface area contributed by atoms with Gasteiger partial charge in [-0.05, 0) is 12.1 Å². The summed E-state index contributed by atoms with van der Waals surface area (Å²) in [5.74, 6) is -1.21. The van der Waals surface area contributed by atoms with Gasteiger partial charge in [-0.2, -0.15) is 0 Å². The highest BCUT2D eigenvalue weighted by molar-refractivity contribution is 7.15. The number of carbonyl (C=O) groups excluding carboxylic acids is 1. The van der Waals surface area contributed by atoms with Crippen LogP contribution in [0.15, 0.2) is 35.8 Å². The van der Waals surface area contributed by atoms with E-state index in [2.05, 4.69) is 10.6 Å². The number of hydrogen-bond acceptors (Lipinski definition) is 4. The Balaban J connectivity index is 1.62. The standard InChI is InChI=1S/C18H18ClN3O2S/c19-14-3-1-12(2-4-14)16-15(22-9-10-25-18(22)20-16)11-21-7-5-13(6-8-21)17(23)24/h1-4,9-10,13H,5-8,11H2,(H,23,24). The minimum atomic E-state index is -0.912. The van der Waals surface area contributed by atoms with E-state index in [1.54, 1.807) is 11.3 Å². The molecule has 0 atom stereocenters. The van der Waals surface area contributed by atoms with Crippen LogP contribution in [-0.4, -0.2) is 28.4 Å². The average molecular weight is 376 g/mol. The van der Waals surface area contributed by atoms with Gasteiger partial charge in [-0.15, -0.1) is 11.3 Å². The van der Waals surface area contributed by atoms with E-state index in [1.165, 1.54) is 10.6 Å². The normalized spacial score (nSPS) is 20.8. The molecule has 0 radical (unpaired) electrons. The lowest BCUT2D eigenvalue weighted by atomic mass is 9.97. The van der Waals surface area contributed by atoms with Gasteiger partial charge in [-0.25, -0.2) is 4.98 Å². The van der Waals surface area contributed by atoms with Gasteiger partial charge >= 0.3 is 0 Å². The number of likely N-dealkylation sites (tertiary alicyclic amines) is 1. The van der Waals surface area contributed by atoms with E-state index in [0.717, 1.165) is 35.9 Å². The molecule has 0 unspecified atom stereocenters. The Kier molecular flexibility index (Phi) is 4.50.